The van der Waals surface area contributed by atoms with E-state index < -0.39 is 0 Å². The molecule has 2 fully saturated rings. The summed E-state index contributed by atoms with van der Waals surface area (Å²) in [7, 11) is 0. The highest BCUT2D eigenvalue weighted by Crippen LogP contribution is 2.47. The van der Waals surface area contributed by atoms with Gasteiger partial charge in [-0.15, -0.1) is 0 Å². The molecule has 0 spiro atoms. The van der Waals surface area contributed by atoms with E-state index in [1.165, 1.54) is 6.42 Å². The number of hydrogen-bond donors (Lipinski definition) is 2. The Morgan fingerprint density at radius 3 is 2.82 bits per heavy atom. The number of aliphatic hydroxyl groups is 1. The Morgan fingerprint density at radius 2 is 2.27 bits per heavy atom. The fourth-order valence-electron chi connectivity index (χ4n) is 2.70. The fourth-order valence-corrected chi connectivity index (χ4v) is 2.70. The standard InChI is InChI=1S/C9H17NO/c1-6-8(11)7-3-9(6,2)5-10-4-7/h6-8,10-11H,3-5H2,1-2H3/t6?,7?,8?,9-/m1/s1. The maximum absolute atomic E-state index is 9.79. The average Bonchev–Trinajstić information content (AvgIpc) is 2.13. The van der Waals surface area contributed by atoms with Crippen LogP contribution in [0.2, 0.25) is 0 Å². The molecule has 0 radical (unpaired) electrons. The van der Waals surface area contributed by atoms with Crippen LogP contribution in [0.4, 0.5) is 0 Å². The summed E-state index contributed by atoms with van der Waals surface area (Å²) in [6.07, 6.45) is 1.15. The van der Waals surface area contributed by atoms with Gasteiger partial charge in [-0.2, -0.15) is 0 Å². The third-order valence-corrected chi connectivity index (χ3v) is 3.76. The van der Waals surface area contributed by atoms with Gasteiger partial charge in [0.05, 0.1) is 6.10 Å². The zero-order valence-electron chi connectivity index (χ0n) is 7.30. The van der Waals surface area contributed by atoms with Gasteiger partial charge in [0.15, 0.2) is 0 Å². The van der Waals surface area contributed by atoms with Crippen molar-refractivity contribution < 1.29 is 5.11 Å². The van der Waals surface area contributed by atoms with Crippen molar-refractivity contribution in [3.05, 3.63) is 0 Å². The number of fused-ring (bicyclic) bond motifs is 2. The topological polar surface area (TPSA) is 32.3 Å². The van der Waals surface area contributed by atoms with Crippen molar-refractivity contribution in [3.63, 3.8) is 0 Å². The van der Waals surface area contributed by atoms with Gasteiger partial charge in [0, 0.05) is 13.1 Å². The van der Waals surface area contributed by atoms with Crippen LogP contribution in [0.15, 0.2) is 0 Å². The molecule has 2 aliphatic rings. The number of piperidine rings is 1. The van der Waals surface area contributed by atoms with E-state index in [0.717, 1.165) is 13.1 Å². The molecular formula is C9H17NO. The van der Waals surface area contributed by atoms with Gasteiger partial charge in [-0.3, -0.25) is 0 Å². The molecule has 1 saturated heterocycles. The summed E-state index contributed by atoms with van der Waals surface area (Å²) in [5.74, 6) is 0.992. The minimum atomic E-state index is -0.0602. The zero-order valence-corrected chi connectivity index (χ0v) is 7.30. The molecule has 0 amide bonds. The highest BCUT2D eigenvalue weighted by atomic mass is 16.3. The van der Waals surface area contributed by atoms with Crippen molar-refractivity contribution in [2.75, 3.05) is 13.1 Å². The van der Waals surface area contributed by atoms with E-state index in [-0.39, 0.29) is 6.10 Å². The van der Waals surface area contributed by atoms with Crippen molar-refractivity contribution >= 4 is 0 Å². The highest BCUT2D eigenvalue weighted by molar-refractivity contribution is 5.01. The molecule has 3 unspecified atom stereocenters. The molecule has 0 aromatic rings. The van der Waals surface area contributed by atoms with Crippen LogP contribution in [0.25, 0.3) is 0 Å². The summed E-state index contributed by atoms with van der Waals surface area (Å²) in [6, 6.07) is 0. The molecular weight excluding hydrogens is 138 g/mol. The second kappa shape index (κ2) is 2.20. The lowest BCUT2D eigenvalue weighted by Crippen LogP contribution is -2.39. The van der Waals surface area contributed by atoms with Gasteiger partial charge in [-0.1, -0.05) is 13.8 Å². The third kappa shape index (κ3) is 0.926. The molecule has 2 nitrogen and oxygen atoms in total. The van der Waals surface area contributed by atoms with E-state index >= 15 is 0 Å². The minimum Gasteiger partial charge on any atom is -0.392 e. The summed E-state index contributed by atoms with van der Waals surface area (Å²) >= 11 is 0. The second-order valence-electron chi connectivity index (χ2n) is 4.53. The van der Waals surface area contributed by atoms with Crippen molar-refractivity contribution in [3.8, 4) is 0 Å². The van der Waals surface area contributed by atoms with Crippen molar-refractivity contribution in [2.45, 2.75) is 26.4 Å². The monoisotopic (exact) mass is 155 g/mol. The van der Waals surface area contributed by atoms with Gasteiger partial charge in [-0.05, 0) is 23.7 Å². The predicted octanol–water partition coefficient (Wildman–Crippen LogP) is 0.613. The van der Waals surface area contributed by atoms with E-state index in [4.69, 9.17) is 0 Å². The first-order valence-electron chi connectivity index (χ1n) is 4.52. The number of aliphatic hydroxyl groups excluding tert-OH is 1. The van der Waals surface area contributed by atoms with Crippen molar-refractivity contribution in [1.82, 2.24) is 5.32 Å². The Hall–Kier alpha value is -0.0800. The molecule has 0 aromatic heterocycles. The van der Waals surface area contributed by atoms with Crippen molar-refractivity contribution in [2.24, 2.45) is 17.3 Å². The van der Waals surface area contributed by atoms with Gasteiger partial charge >= 0.3 is 0 Å². The molecule has 11 heavy (non-hydrogen) atoms. The Balaban J connectivity index is 2.24. The van der Waals surface area contributed by atoms with Gasteiger partial charge in [0.1, 0.15) is 0 Å². The van der Waals surface area contributed by atoms with E-state index in [1.807, 2.05) is 0 Å². The zero-order chi connectivity index (χ0) is 8.06. The Kier molecular flexibility index (Phi) is 1.52. The summed E-state index contributed by atoms with van der Waals surface area (Å²) in [6.45, 7) is 6.56. The van der Waals surface area contributed by atoms with E-state index in [1.54, 1.807) is 0 Å². The highest BCUT2D eigenvalue weighted by Gasteiger charge is 2.49. The lowest BCUT2D eigenvalue weighted by atomic mass is 9.79. The molecule has 4 atom stereocenters. The molecule has 2 heteroatoms. The Bertz CT molecular complexity index is 171. The molecule has 1 aliphatic carbocycles. The van der Waals surface area contributed by atoms with Gasteiger partial charge in [0.25, 0.3) is 0 Å². The van der Waals surface area contributed by atoms with Gasteiger partial charge in [-0.25, -0.2) is 0 Å². The summed E-state index contributed by atoms with van der Waals surface area (Å²) in [5.41, 5.74) is 0.363. The molecule has 2 bridgehead atoms. The SMILES string of the molecule is CC1C(O)C2CNC[C@@]1(C)C2. The van der Waals surface area contributed by atoms with Crippen LogP contribution in [0.1, 0.15) is 20.3 Å². The Labute approximate surface area is 68.0 Å². The van der Waals surface area contributed by atoms with Gasteiger partial charge in [0.2, 0.25) is 0 Å². The lowest BCUT2D eigenvalue weighted by Gasteiger charge is -2.32. The largest absolute Gasteiger partial charge is 0.392 e. The molecule has 1 saturated carbocycles. The predicted molar refractivity (Wildman–Crippen MR) is 44.3 cm³/mol. The quantitative estimate of drug-likeness (QED) is 0.537. The van der Waals surface area contributed by atoms with E-state index in [9.17, 15) is 5.11 Å². The lowest BCUT2D eigenvalue weighted by molar-refractivity contribution is 0.0889. The summed E-state index contributed by atoms with van der Waals surface area (Å²) in [5, 5.41) is 13.2. The first-order chi connectivity index (χ1) is 5.13. The van der Waals surface area contributed by atoms with Crippen LogP contribution < -0.4 is 5.32 Å². The molecule has 1 aliphatic heterocycles. The molecule has 2 rings (SSSR count). The first-order valence-corrected chi connectivity index (χ1v) is 4.52. The van der Waals surface area contributed by atoms with E-state index in [2.05, 4.69) is 19.2 Å². The second-order valence-corrected chi connectivity index (χ2v) is 4.53. The maximum Gasteiger partial charge on any atom is 0.0611 e. The van der Waals surface area contributed by atoms with Crippen molar-refractivity contribution in [1.29, 1.82) is 0 Å². The maximum atomic E-state index is 9.79. The molecule has 2 N–H and O–H groups in total. The van der Waals surface area contributed by atoms with Crippen LogP contribution in [-0.4, -0.2) is 24.3 Å². The summed E-state index contributed by atoms with van der Waals surface area (Å²) in [4.78, 5) is 0. The fraction of sp³-hybridized carbons (Fsp3) is 1.00. The first kappa shape index (κ1) is 7.56. The van der Waals surface area contributed by atoms with Crippen LogP contribution in [0.3, 0.4) is 0 Å². The number of hydrogen-bond acceptors (Lipinski definition) is 2. The van der Waals surface area contributed by atoms with E-state index in [0.29, 0.717) is 17.3 Å². The molecule has 64 valence electrons. The van der Waals surface area contributed by atoms with Crippen LogP contribution in [0.5, 0.6) is 0 Å². The molecule has 1 heterocycles. The molecule has 0 aromatic carbocycles. The average molecular weight is 155 g/mol. The third-order valence-electron chi connectivity index (χ3n) is 3.76. The summed E-state index contributed by atoms with van der Waals surface area (Å²) < 4.78 is 0. The number of rotatable bonds is 0. The number of nitrogens with one attached hydrogen (secondary N) is 1. The van der Waals surface area contributed by atoms with Crippen LogP contribution in [0, 0.1) is 17.3 Å². The van der Waals surface area contributed by atoms with Crippen LogP contribution in [-0.2, 0) is 0 Å². The van der Waals surface area contributed by atoms with Gasteiger partial charge < -0.3 is 10.4 Å². The normalized spacial score (nSPS) is 56.5. The Morgan fingerprint density at radius 1 is 1.55 bits per heavy atom. The van der Waals surface area contributed by atoms with Crippen LogP contribution >= 0.6 is 0 Å². The smallest absolute Gasteiger partial charge is 0.0611 e. The minimum absolute atomic E-state index is 0.0602.